The van der Waals surface area contributed by atoms with Crippen LogP contribution in [-0.2, 0) is 16.0 Å². The Morgan fingerprint density at radius 1 is 1.52 bits per heavy atom. The molecule has 0 amide bonds. The Balaban J connectivity index is 0.00000220. The highest BCUT2D eigenvalue weighted by Gasteiger charge is 2.14. The van der Waals surface area contributed by atoms with Gasteiger partial charge in [-0.05, 0) is 24.3 Å². The van der Waals surface area contributed by atoms with Crippen LogP contribution in [0.25, 0.3) is 0 Å². The average molecular weight is 425 g/mol. The van der Waals surface area contributed by atoms with Gasteiger partial charge in [0.25, 0.3) is 0 Å². The van der Waals surface area contributed by atoms with Crippen LogP contribution in [0.4, 0.5) is 0 Å². The molecule has 0 radical (unpaired) electrons. The Morgan fingerprint density at radius 2 is 2.43 bits per heavy atom. The van der Waals surface area contributed by atoms with Crippen molar-refractivity contribution in [2.75, 3.05) is 33.4 Å². The zero-order chi connectivity index (χ0) is 14.0. The van der Waals surface area contributed by atoms with Crippen molar-refractivity contribution < 1.29 is 9.47 Å². The Bertz CT molecular complexity index is 395. The molecule has 1 aliphatic heterocycles. The second kappa shape index (κ2) is 11.2. The quantitative estimate of drug-likeness (QED) is 0.305. The molecule has 1 aromatic rings. The molecule has 120 valence electrons. The Morgan fingerprint density at radius 3 is 3.10 bits per heavy atom. The fraction of sp³-hybridized carbons (Fsp3) is 0.643. The maximum atomic E-state index is 5.59. The van der Waals surface area contributed by atoms with Gasteiger partial charge in [0.05, 0.1) is 25.9 Å². The van der Waals surface area contributed by atoms with Gasteiger partial charge >= 0.3 is 0 Å². The highest BCUT2D eigenvalue weighted by Crippen LogP contribution is 2.11. The number of nitrogens with zero attached hydrogens (tertiary/aromatic N) is 1. The van der Waals surface area contributed by atoms with Gasteiger partial charge in [-0.15, -0.1) is 35.3 Å². The van der Waals surface area contributed by atoms with Crippen molar-refractivity contribution in [2.45, 2.75) is 25.5 Å². The van der Waals surface area contributed by atoms with E-state index in [1.165, 1.54) is 4.88 Å². The zero-order valence-electron chi connectivity index (χ0n) is 12.3. The second-order valence-electron chi connectivity index (χ2n) is 4.64. The van der Waals surface area contributed by atoms with Crippen molar-refractivity contribution >= 4 is 41.3 Å². The average Bonchev–Trinajstić information content (AvgIpc) is 3.14. The lowest BCUT2D eigenvalue weighted by molar-refractivity contribution is 0.0191. The fourth-order valence-electron chi connectivity index (χ4n) is 2.04. The number of guanidine groups is 1. The number of aliphatic imine (C=N–C) groups is 1. The number of ether oxygens (including phenoxy) is 2. The normalized spacial score (nSPS) is 18.3. The number of hydrogen-bond donors (Lipinski definition) is 2. The van der Waals surface area contributed by atoms with E-state index in [9.17, 15) is 0 Å². The summed E-state index contributed by atoms with van der Waals surface area (Å²) in [6.45, 7) is 3.79. The molecule has 2 rings (SSSR count). The van der Waals surface area contributed by atoms with Crippen LogP contribution in [0.3, 0.4) is 0 Å². The first kappa shape index (κ1) is 18.7. The third-order valence-corrected chi connectivity index (χ3v) is 3.98. The Labute approximate surface area is 147 Å². The summed E-state index contributed by atoms with van der Waals surface area (Å²) in [6.07, 6.45) is 2.58. The first-order valence-corrected chi connectivity index (χ1v) is 7.92. The molecule has 0 aromatic carbocycles. The summed E-state index contributed by atoms with van der Waals surface area (Å²) in [6, 6.07) is 4.16. The summed E-state index contributed by atoms with van der Waals surface area (Å²) in [4.78, 5) is 5.48. The highest BCUT2D eigenvalue weighted by molar-refractivity contribution is 14.0. The summed E-state index contributed by atoms with van der Waals surface area (Å²) in [5.74, 6) is 0.805. The highest BCUT2D eigenvalue weighted by atomic mass is 127. The SMILES string of the molecule is CN=C(NCCOCC1CCCO1)NCc1cccs1.I. The predicted molar refractivity (Wildman–Crippen MR) is 97.7 cm³/mol. The van der Waals surface area contributed by atoms with Crippen LogP contribution in [0, 0.1) is 0 Å². The Kier molecular flexibility index (Phi) is 9.98. The lowest BCUT2D eigenvalue weighted by Gasteiger charge is -2.13. The molecule has 1 aromatic heterocycles. The van der Waals surface area contributed by atoms with Gasteiger partial charge in [-0.25, -0.2) is 0 Å². The molecule has 0 saturated carbocycles. The Hall–Kier alpha value is -0.380. The van der Waals surface area contributed by atoms with Crippen LogP contribution in [0.1, 0.15) is 17.7 Å². The van der Waals surface area contributed by atoms with Crippen molar-refractivity contribution in [1.29, 1.82) is 0 Å². The molecule has 0 aliphatic carbocycles. The van der Waals surface area contributed by atoms with Gasteiger partial charge in [-0.3, -0.25) is 4.99 Å². The third-order valence-electron chi connectivity index (χ3n) is 3.10. The number of rotatable bonds is 7. The number of thiophene rings is 1. The minimum atomic E-state index is 0. The molecule has 1 saturated heterocycles. The van der Waals surface area contributed by atoms with E-state index in [-0.39, 0.29) is 24.0 Å². The van der Waals surface area contributed by atoms with Crippen molar-refractivity contribution in [3.8, 4) is 0 Å². The molecular formula is C14H24IN3O2S. The van der Waals surface area contributed by atoms with Gasteiger partial charge in [-0.1, -0.05) is 6.07 Å². The van der Waals surface area contributed by atoms with E-state index in [0.717, 1.165) is 38.5 Å². The minimum absolute atomic E-state index is 0. The molecule has 5 nitrogen and oxygen atoms in total. The molecule has 21 heavy (non-hydrogen) atoms. The molecule has 7 heteroatoms. The number of halogens is 1. The monoisotopic (exact) mass is 425 g/mol. The van der Waals surface area contributed by atoms with E-state index in [1.807, 2.05) is 0 Å². The molecule has 2 heterocycles. The number of nitrogens with one attached hydrogen (secondary N) is 2. The summed E-state index contributed by atoms with van der Waals surface area (Å²) in [5, 5.41) is 8.58. The van der Waals surface area contributed by atoms with Crippen molar-refractivity contribution in [2.24, 2.45) is 4.99 Å². The van der Waals surface area contributed by atoms with Crippen molar-refractivity contribution in [3.05, 3.63) is 22.4 Å². The summed E-state index contributed by atoms with van der Waals surface area (Å²) >= 11 is 1.74. The predicted octanol–water partition coefficient (Wildman–Crippen LogP) is 2.23. The van der Waals surface area contributed by atoms with Crippen molar-refractivity contribution in [3.63, 3.8) is 0 Å². The van der Waals surface area contributed by atoms with Crippen LogP contribution in [0.15, 0.2) is 22.5 Å². The van der Waals surface area contributed by atoms with E-state index in [0.29, 0.717) is 19.3 Å². The maximum absolute atomic E-state index is 5.59. The van der Waals surface area contributed by atoms with Gasteiger partial charge in [0.1, 0.15) is 0 Å². The van der Waals surface area contributed by atoms with Crippen molar-refractivity contribution in [1.82, 2.24) is 10.6 Å². The van der Waals surface area contributed by atoms with E-state index in [2.05, 4.69) is 33.1 Å². The van der Waals surface area contributed by atoms with Gasteiger partial charge in [0, 0.05) is 25.1 Å². The second-order valence-corrected chi connectivity index (χ2v) is 5.67. The molecule has 1 fully saturated rings. The van der Waals surface area contributed by atoms with Crippen LogP contribution in [-0.4, -0.2) is 45.5 Å². The topological polar surface area (TPSA) is 54.9 Å². The lowest BCUT2D eigenvalue weighted by Crippen LogP contribution is -2.38. The van der Waals surface area contributed by atoms with Crippen LogP contribution in [0.5, 0.6) is 0 Å². The van der Waals surface area contributed by atoms with Crippen LogP contribution >= 0.6 is 35.3 Å². The van der Waals surface area contributed by atoms with Gasteiger partial charge in [0.2, 0.25) is 0 Å². The molecule has 1 atom stereocenters. The van der Waals surface area contributed by atoms with E-state index < -0.39 is 0 Å². The minimum Gasteiger partial charge on any atom is -0.377 e. The van der Waals surface area contributed by atoms with E-state index in [4.69, 9.17) is 9.47 Å². The van der Waals surface area contributed by atoms with E-state index in [1.54, 1.807) is 18.4 Å². The van der Waals surface area contributed by atoms with Gasteiger partial charge in [-0.2, -0.15) is 0 Å². The first-order valence-electron chi connectivity index (χ1n) is 7.04. The zero-order valence-corrected chi connectivity index (χ0v) is 15.5. The maximum Gasteiger partial charge on any atom is 0.191 e. The lowest BCUT2D eigenvalue weighted by atomic mass is 10.2. The summed E-state index contributed by atoms with van der Waals surface area (Å²) in [7, 11) is 1.77. The number of hydrogen-bond acceptors (Lipinski definition) is 4. The molecular weight excluding hydrogens is 401 g/mol. The largest absolute Gasteiger partial charge is 0.377 e. The van der Waals surface area contributed by atoms with E-state index >= 15 is 0 Å². The molecule has 2 N–H and O–H groups in total. The van der Waals surface area contributed by atoms with Crippen LogP contribution in [0.2, 0.25) is 0 Å². The van der Waals surface area contributed by atoms with Gasteiger partial charge < -0.3 is 20.1 Å². The summed E-state index contributed by atoms with van der Waals surface area (Å²) in [5.41, 5.74) is 0. The molecule has 1 unspecified atom stereocenters. The third kappa shape index (κ3) is 7.44. The van der Waals surface area contributed by atoms with Gasteiger partial charge in [0.15, 0.2) is 5.96 Å². The standard InChI is InChI=1S/C14H23N3O2S.HI/c1-15-14(17-10-13-5-3-9-20-13)16-6-8-18-11-12-4-2-7-19-12;/h3,5,9,12H,2,4,6-8,10-11H2,1H3,(H2,15,16,17);1H. The summed E-state index contributed by atoms with van der Waals surface area (Å²) < 4.78 is 11.1. The fourth-order valence-corrected chi connectivity index (χ4v) is 2.68. The first-order chi connectivity index (χ1) is 9.88. The molecule has 0 spiro atoms. The smallest absolute Gasteiger partial charge is 0.191 e. The molecule has 1 aliphatic rings. The van der Waals surface area contributed by atoms with Crippen LogP contribution < -0.4 is 10.6 Å². The molecule has 0 bridgehead atoms.